The van der Waals surface area contributed by atoms with Crippen LogP contribution in [0.4, 0.5) is 29.5 Å². The summed E-state index contributed by atoms with van der Waals surface area (Å²) in [7, 11) is 2.09. The second-order valence-corrected chi connectivity index (χ2v) is 11.5. The van der Waals surface area contributed by atoms with Gasteiger partial charge in [0.25, 0.3) is 0 Å². The van der Waals surface area contributed by atoms with Crippen LogP contribution >= 0.6 is 0 Å². The van der Waals surface area contributed by atoms with Crippen LogP contribution in [0.1, 0.15) is 52.1 Å². The van der Waals surface area contributed by atoms with Gasteiger partial charge in [0.15, 0.2) is 0 Å². The van der Waals surface area contributed by atoms with E-state index in [1.807, 2.05) is 32.9 Å². The highest BCUT2D eigenvalue weighted by Gasteiger charge is 2.36. The van der Waals surface area contributed by atoms with Gasteiger partial charge in [-0.1, -0.05) is 18.7 Å². The van der Waals surface area contributed by atoms with E-state index in [0.29, 0.717) is 23.1 Å². The molecule has 38 heavy (non-hydrogen) atoms. The minimum Gasteiger partial charge on any atom is -0.444 e. The number of halogens is 3. The Hall–Kier alpha value is -3.01. The number of amides is 1. The Labute approximate surface area is 222 Å². The van der Waals surface area contributed by atoms with Crippen molar-refractivity contribution in [2.75, 3.05) is 37.3 Å². The van der Waals surface area contributed by atoms with Gasteiger partial charge >= 0.3 is 12.3 Å². The van der Waals surface area contributed by atoms with Crippen molar-refractivity contribution in [3.05, 3.63) is 36.5 Å². The first-order chi connectivity index (χ1) is 17.8. The SMILES string of the molecule is C=C(c1nc(NC2CC(CNC(=O)OC(C)(C)C)C2)cc2c(NC3CCN(C)CC3)cccc12)C(F)(F)F. The van der Waals surface area contributed by atoms with Crippen LogP contribution in [-0.4, -0.2) is 66.5 Å². The number of pyridine rings is 1. The number of benzene rings is 1. The van der Waals surface area contributed by atoms with Crippen molar-refractivity contribution >= 4 is 33.9 Å². The summed E-state index contributed by atoms with van der Waals surface area (Å²) in [5, 5.41) is 10.8. The third-order valence-electron chi connectivity index (χ3n) is 7.10. The molecule has 1 saturated carbocycles. The number of alkyl halides is 3. The molecule has 2 heterocycles. The average molecular weight is 534 g/mol. The van der Waals surface area contributed by atoms with Crippen molar-refractivity contribution in [3.63, 3.8) is 0 Å². The monoisotopic (exact) mass is 533 g/mol. The molecule has 0 spiro atoms. The normalized spacial score (nSPS) is 21.0. The molecular weight excluding hydrogens is 495 g/mol. The van der Waals surface area contributed by atoms with E-state index in [4.69, 9.17) is 4.74 Å². The largest absolute Gasteiger partial charge is 0.444 e. The molecule has 4 rings (SSSR count). The summed E-state index contributed by atoms with van der Waals surface area (Å²) in [6, 6.07) is 7.46. The average Bonchev–Trinajstić information content (AvgIpc) is 2.79. The number of likely N-dealkylation sites (tertiary alicyclic amines) is 1. The molecule has 2 fully saturated rings. The molecule has 1 aromatic heterocycles. The number of rotatable bonds is 7. The zero-order valence-electron chi connectivity index (χ0n) is 22.5. The van der Waals surface area contributed by atoms with Crippen molar-refractivity contribution in [2.24, 2.45) is 5.92 Å². The van der Waals surface area contributed by atoms with Gasteiger partial charge in [-0.05, 0) is 84.6 Å². The second kappa shape index (κ2) is 11.0. The van der Waals surface area contributed by atoms with E-state index in [9.17, 15) is 18.0 Å². The lowest BCUT2D eigenvalue weighted by Gasteiger charge is -2.36. The van der Waals surface area contributed by atoms with Crippen LogP contribution in [0.5, 0.6) is 0 Å². The number of aromatic nitrogens is 1. The molecule has 2 aliphatic rings. The molecule has 0 bridgehead atoms. The molecule has 0 radical (unpaired) electrons. The number of nitrogens with zero attached hydrogens (tertiary/aromatic N) is 2. The molecule has 0 atom stereocenters. The van der Waals surface area contributed by atoms with Gasteiger partial charge in [0.2, 0.25) is 0 Å². The second-order valence-electron chi connectivity index (χ2n) is 11.5. The number of carbonyl (C=O) groups is 1. The summed E-state index contributed by atoms with van der Waals surface area (Å²) in [5.74, 6) is 0.644. The first-order valence-electron chi connectivity index (χ1n) is 13.2. The predicted molar refractivity (Wildman–Crippen MR) is 145 cm³/mol. The van der Waals surface area contributed by atoms with Gasteiger partial charge < -0.3 is 25.6 Å². The zero-order valence-corrected chi connectivity index (χ0v) is 22.5. The highest BCUT2D eigenvalue weighted by molar-refractivity contribution is 6.01. The first-order valence-corrected chi connectivity index (χ1v) is 13.2. The van der Waals surface area contributed by atoms with E-state index in [0.717, 1.165) is 44.5 Å². The maximum absolute atomic E-state index is 13.7. The third-order valence-corrected chi connectivity index (χ3v) is 7.10. The lowest BCUT2D eigenvalue weighted by molar-refractivity contribution is -0.0688. The van der Waals surface area contributed by atoms with E-state index in [1.165, 1.54) is 0 Å². The molecule has 1 amide bonds. The molecule has 1 aromatic carbocycles. The Morgan fingerprint density at radius 3 is 2.42 bits per heavy atom. The molecule has 7 nitrogen and oxygen atoms in total. The number of fused-ring (bicyclic) bond motifs is 1. The lowest BCUT2D eigenvalue weighted by Crippen LogP contribution is -2.43. The summed E-state index contributed by atoms with van der Waals surface area (Å²) in [6.07, 6.45) is -1.59. The molecule has 1 saturated heterocycles. The smallest absolute Gasteiger partial charge is 0.417 e. The first kappa shape index (κ1) is 28.0. The number of hydrogen-bond donors (Lipinski definition) is 3. The Morgan fingerprint density at radius 2 is 1.79 bits per heavy atom. The Bertz CT molecular complexity index is 1160. The van der Waals surface area contributed by atoms with E-state index in [2.05, 4.69) is 39.5 Å². The van der Waals surface area contributed by atoms with Crippen LogP contribution in [0.15, 0.2) is 30.8 Å². The van der Waals surface area contributed by atoms with Crippen LogP contribution in [0.2, 0.25) is 0 Å². The zero-order chi connectivity index (χ0) is 27.7. The number of alkyl carbamates (subject to hydrolysis) is 1. The fourth-order valence-electron chi connectivity index (χ4n) is 4.99. The van der Waals surface area contributed by atoms with Gasteiger partial charge in [-0.15, -0.1) is 0 Å². The minimum absolute atomic E-state index is 0.0476. The van der Waals surface area contributed by atoms with E-state index >= 15 is 0 Å². The third kappa shape index (κ3) is 7.09. The quantitative estimate of drug-likeness (QED) is 0.403. The molecular formula is C28H38F3N5O2. The predicted octanol–water partition coefficient (Wildman–Crippen LogP) is 6.03. The Kier molecular flexibility index (Phi) is 8.11. The number of piperidine rings is 1. The Balaban J connectivity index is 1.50. The van der Waals surface area contributed by atoms with Gasteiger partial charge in [0, 0.05) is 35.1 Å². The fraction of sp³-hybridized carbons (Fsp3) is 0.571. The van der Waals surface area contributed by atoms with Gasteiger partial charge in [0.1, 0.15) is 11.4 Å². The van der Waals surface area contributed by atoms with Crippen molar-refractivity contribution in [3.8, 4) is 0 Å². The van der Waals surface area contributed by atoms with Crippen LogP contribution in [0.3, 0.4) is 0 Å². The molecule has 1 aliphatic heterocycles. The topological polar surface area (TPSA) is 78.5 Å². The standard InChI is InChI=1S/C28H38F3N5O2/c1-17(28(29,30)31)25-21-7-6-8-23(33-19-9-11-36(5)12-10-19)22(21)15-24(35-25)34-20-13-18(14-20)16-32-26(37)38-27(2,3)4/h6-8,15,18-20,33H,1,9-14,16H2,2-5H3,(H,32,37)(H,34,35). The van der Waals surface area contributed by atoms with E-state index in [-0.39, 0.29) is 23.7 Å². The Morgan fingerprint density at radius 1 is 1.11 bits per heavy atom. The maximum Gasteiger partial charge on any atom is 0.417 e. The number of nitrogens with one attached hydrogen (secondary N) is 3. The fourth-order valence-corrected chi connectivity index (χ4v) is 4.99. The van der Waals surface area contributed by atoms with Gasteiger partial charge in [-0.3, -0.25) is 0 Å². The van der Waals surface area contributed by atoms with Crippen molar-refractivity contribution in [2.45, 2.75) is 70.3 Å². The van der Waals surface area contributed by atoms with Crippen LogP contribution in [0, 0.1) is 5.92 Å². The summed E-state index contributed by atoms with van der Waals surface area (Å²) >= 11 is 0. The molecule has 208 valence electrons. The highest BCUT2D eigenvalue weighted by atomic mass is 19.4. The molecule has 3 N–H and O–H groups in total. The van der Waals surface area contributed by atoms with Gasteiger partial charge in [0.05, 0.1) is 11.3 Å². The molecule has 2 aromatic rings. The molecule has 1 aliphatic carbocycles. The maximum atomic E-state index is 13.7. The van der Waals surface area contributed by atoms with Crippen LogP contribution < -0.4 is 16.0 Å². The number of anilines is 2. The van der Waals surface area contributed by atoms with Crippen molar-refractivity contribution < 1.29 is 22.7 Å². The number of allylic oxidation sites excluding steroid dienone is 1. The van der Waals surface area contributed by atoms with Crippen molar-refractivity contribution in [1.82, 2.24) is 15.2 Å². The minimum atomic E-state index is -4.59. The van der Waals surface area contributed by atoms with Crippen LogP contribution in [0.25, 0.3) is 16.3 Å². The van der Waals surface area contributed by atoms with Gasteiger partial charge in [-0.25, -0.2) is 9.78 Å². The summed E-state index contributed by atoms with van der Waals surface area (Å²) in [5.41, 5.74) is -0.885. The van der Waals surface area contributed by atoms with Crippen molar-refractivity contribution in [1.29, 1.82) is 0 Å². The van der Waals surface area contributed by atoms with E-state index < -0.39 is 23.4 Å². The summed E-state index contributed by atoms with van der Waals surface area (Å²) < 4.78 is 46.4. The molecule has 10 heteroatoms. The summed E-state index contributed by atoms with van der Waals surface area (Å²) in [4.78, 5) is 18.5. The van der Waals surface area contributed by atoms with E-state index in [1.54, 1.807) is 12.1 Å². The molecule has 0 unspecified atom stereocenters. The highest BCUT2D eigenvalue weighted by Crippen LogP contribution is 2.39. The van der Waals surface area contributed by atoms with Gasteiger partial charge in [-0.2, -0.15) is 13.2 Å². The van der Waals surface area contributed by atoms with Crippen LogP contribution in [-0.2, 0) is 4.74 Å². The summed E-state index contributed by atoms with van der Waals surface area (Å²) in [6.45, 7) is 11.2. The number of hydrogen-bond acceptors (Lipinski definition) is 6. The number of ether oxygens (including phenoxy) is 1. The number of carbonyl (C=O) groups excluding carboxylic acids is 1. The lowest BCUT2D eigenvalue weighted by atomic mass is 9.80.